The van der Waals surface area contributed by atoms with Gasteiger partial charge >= 0.3 is 6.09 Å². The number of ether oxygens (including phenoxy) is 1. The lowest BCUT2D eigenvalue weighted by molar-refractivity contribution is -0.111. The molecule has 0 unspecified atom stereocenters. The van der Waals surface area contributed by atoms with E-state index in [1.54, 1.807) is 17.2 Å². The molecule has 8 heteroatoms. The molecule has 1 aliphatic heterocycles. The van der Waals surface area contributed by atoms with Crippen LogP contribution in [-0.2, 0) is 28.9 Å². The summed E-state index contributed by atoms with van der Waals surface area (Å²) in [6.45, 7) is 1.07. The maximum absolute atomic E-state index is 12.5. The van der Waals surface area contributed by atoms with Crippen molar-refractivity contribution in [2.45, 2.75) is 19.4 Å². The predicted molar refractivity (Wildman–Crippen MR) is 127 cm³/mol. The van der Waals surface area contributed by atoms with Crippen LogP contribution in [0.4, 0.5) is 9.80 Å². The van der Waals surface area contributed by atoms with Crippen LogP contribution in [0, 0.1) is 11.3 Å². The molecule has 0 bridgehead atoms. The fourth-order valence-electron chi connectivity index (χ4n) is 3.54. The monoisotopic (exact) mass is 458 g/mol. The molecule has 4 rings (SSSR count). The lowest BCUT2D eigenvalue weighted by atomic mass is 10.0. The molecule has 1 N–H and O–H groups in total. The fraction of sp³-hybridized carbons (Fsp3) is 0.200. The Morgan fingerprint density at radius 3 is 2.79 bits per heavy atom. The highest BCUT2D eigenvalue weighted by Crippen LogP contribution is 2.36. The van der Waals surface area contributed by atoms with Crippen LogP contribution in [-0.4, -0.2) is 35.0 Å². The maximum atomic E-state index is 12.5. The number of hydrogen-bond donors (Lipinski definition) is 1. The first-order valence-electron chi connectivity index (χ1n) is 10.5. The predicted octanol–water partition coefficient (Wildman–Crippen LogP) is 4.40. The van der Waals surface area contributed by atoms with E-state index in [2.05, 4.69) is 16.4 Å². The molecule has 7 nitrogen and oxygen atoms in total. The van der Waals surface area contributed by atoms with Crippen molar-refractivity contribution in [3.8, 4) is 6.07 Å². The van der Waals surface area contributed by atoms with E-state index < -0.39 is 0 Å². The lowest BCUT2D eigenvalue weighted by Gasteiger charge is -2.26. The van der Waals surface area contributed by atoms with E-state index in [9.17, 15) is 14.9 Å². The van der Waals surface area contributed by atoms with Crippen LogP contribution in [0.1, 0.15) is 27.3 Å². The number of carbonyl (C=O) groups is 2. The Kier molecular flexibility index (Phi) is 7.12. The summed E-state index contributed by atoms with van der Waals surface area (Å²) in [5.74, 6) is -0.306. The summed E-state index contributed by atoms with van der Waals surface area (Å²) in [7, 11) is 0. The van der Waals surface area contributed by atoms with Crippen molar-refractivity contribution < 1.29 is 14.3 Å². The van der Waals surface area contributed by atoms with Gasteiger partial charge in [-0.3, -0.25) is 9.78 Å². The minimum atomic E-state index is -0.389. The number of nitrogens with zero attached hydrogens (tertiary/aromatic N) is 3. The topological polar surface area (TPSA) is 95.3 Å². The molecule has 0 saturated heterocycles. The summed E-state index contributed by atoms with van der Waals surface area (Å²) in [4.78, 5) is 31.6. The quantitative estimate of drug-likeness (QED) is 0.552. The Labute approximate surface area is 195 Å². The van der Waals surface area contributed by atoms with Crippen molar-refractivity contribution in [2.24, 2.45) is 0 Å². The van der Waals surface area contributed by atoms with Gasteiger partial charge in [0.1, 0.15) is 11.1 Å². The number of pyridine rings is 1. The van der Waals surface area contributed by atoms with Gasteiger partial charge in [0, 0.05) is 35.8 Å². The third-order valence-corrected chi connectivity index (χ3v) is 6.33. The Morgan fingerprint density at radius 1 is 1.21 bits per heavy atom. The third kappa shape index (κ3) is 5.64. The first kappa shape index (κ1) is 22.2. The molecule has 1 aromatic carbocycles. The van der Waals surface area contributed by atoms with Crippen molar-refractivity contribution in [1.29, 1.82) is 5.26 Å². The van der Waals surface area contributed by atoms with Gasteiger partial charge in [-0.1, -0.05) is 36.4 Å². The van der Waals surface area contributed by atoms with E-state index in [1.807, 2.05) is 48.5 Å². The summed E-state index contributed by atoms with van der Waals surface area (Å²) in [5, 5.41) is 13.0. The molecule has 1 aliphatic rings. The van der Waals surface area contributed by atoms with E-state index in [4.69, 9.17) is 4.74 Å². The van der Waals surface area contributed by atoms with Crippen molar-refractivity contribution in [2.75, 3.05) is 18.5 Å². The molecule has 2 aromatic heterocycles. The van der Waals surface area contributed by atoms with Crippen molar-refractivity contribution in [1.82, 2.24) is 9.88 Å². The zero-order valence-electron chi connectivity index (χ0n) is 17.9. The SMILES string of the molecule is N#Cc1c(NC(=O)C=Cc2ccccc2)sc2c1CCN(C(=O)OCCc1ccccn1)C2. The summed E-state index contributed by atoms with van der Waals surface area (Å²) in [5.41, 5.74) is 3.14. The number of carbonyl (C=O) groups excluding carboxylic acids is 2. The van der Waals surface area contributed by atoms with E-state index in [1.165, 1.54) is 17.4 Å². The van der Waals surface area contributed by atoms with Crippen LogP contribution < -0.4 is 5.32 Å². The van der Waals surface area contributed by atoms with E-state index >= 15 is 0 Å². The average molecular weight is 459 g/mol. The lowest BCUT2D eigenvalue weighted by Crippen LogP contribution is -2.36. The molecule has 0 aliphatic carbocycles. The van der Waals surface area contributed by atoms with Gasteiger partial charge in [0.15, 0.2) is 0 Å². The van der Waals surface area contributed by atoms with E-state index in [0.29, 0.717) is 36.5 Å². The van der Waals surface area contributed by atoms with Gasteiger partial charge in [-0.15, -0.1) is 11.3 Å². The molecule has 3 heterocycles. The van der Waals surface area contributed by atoms with Gasteiger partial charge in [0.05, 0.1) is 18.7 Å². The van der Waals surface area contributed by atoms with Crippen molar-refractivity contribution in [3.05, 3.63) is 88.1 Å². The Bertz CT molecular complexity index is 1200. The number of thiophene rings is 1. The van der Waals surface area contributed by atoms with Crippen molar-refractivity contribution in [3.63, 3.8) is 0 Å². The molecule has 0 spiro atoms. The van der Waals surface area contributed by atoms with Crippen LogP contribution >= 0.6 is 11.3 Å². The molecule has 0 atom stereocenters. The van der Waals surface area contributed by atoms with Crippen LogP contribution in [0.5, 0.6) is 0 Å². The van der Waals surface area contributed by atoms with Gasteiger partial charge in [0.25, 0.3) is 0 Å². The second-order valence-corrected chi connectivity index (χ2v) is 8.52. The number of benzene rings is 1. The fourth-order valence-corrected chi connectivity index (χ4v) is 4.75. The number of rotatable bonds is 6. The minimum absolute atomic E-state index is 0.252. The van der Waals surface area contributed by atoms with E-state index in [-0.39, 0.29) is 18.6 Å². The number of aromatic nitrogens is 1. The number of anilines is 1. The summed E-state index contributed by atoms with van der Waals surface area (Å²) in [6.07, 6.45) is 5.58. The largest absolute Gasteiger partial charge is 0.449 e. The highest BCUT2D eigenvalue weighted by atomic mass is 32.1. The number of nitrogens with one attached hydrogen (secondary N) is 1. The zero-order valence-corrected chi connectivity index (χ0v) is 18.7. The van der Waals surface area contributed by atoms with Crippen LogP contribution in [0.3, 0.4) is 0 Å². The highest BCUT2D eigenvalue weighted by Gasteiger charge is 2.28. The molecule has 0 saturated carbocycles. The molecule has 166 valence electrons. The van der Waals surface area contributed by atoms with Gasteiger partial charge in [-0.2, -0.15) is 5.26 Å². The van der Waals surface area contributed by atoms with E-state index in [0.717, 1.165) is 21.7 Å². The van der Waals surface area contributed by atoms with Crippen LogP contribution in [0.15, 0.2) is 60.8 Å². The number of nitriles is 1. The van der Waals surface area contributed by atoms with Crippen LogP contribution in [0.25, 0.3) is 6.08 Å². The van der Waals surface area contributed by atoms with Crippen LogP contribution in [0.2, 0.25) is 0 Å². The summed E-state index contributed by atoms with van der Waals surface area (Å²) >= 11 is 1.33. The summed E-state index contributed by atoms with van der Waals surface area (Å²) < 4.78 is 5.41. The maximum Gasteiger partial charge on any atom is 0.410 e. The zero-order chi connectivity index (χ0) is 23.0. The number of hydrogen-bond acceptors (Lipinski definition) is 6. The van der Waals surface area contributed by atoms with Gasteiger partial charge in [0.2, 0.25) is 5.91 Å². The van der Waals surface area contributed by atoms with Gasteiger partial charge in [-0.25, -0.2) is 4.79 Å². The Hall–Kier alpha value is -3.96. The molecule has 33 heavy (non-hydrogen) atoms. The van der Waals surface area contributed by atoms with Gasteiger partial charge < -0.3 is 15.0 Å². The Balaban J connectivity index is 1.37. The normalized spacial score (nSPS) is 12.8. The molecular formula is C25H22N4O3S. The molecule has 2 amide bonds. The first-order valence-corrected chi connectivity index (χ1v) is 11.4. The smallest absolute Gasteiger partial charge is 0.410 e. The second kappa shape index (κ2) is 10.6. The molecule has 0 fully saturated rings. The standard InChI is InChI=1S/C25H22N4O3S/c26-16-21-20-11-14-29(25(31)32-15-12-19-8-4-5-13-27-19)17-22(20)33-24(21)28-23(30)10-9-18-6-2-1-3-7-18/h1-10,13H,11-12,14-15,17H2,(H,28,30). The number of fused-ring (bicyclic) bond motifs is 1. The highest BCUT2D eigenvalue weighted by molar-refractivity contribution is 7.16. The second-order valence-electron chi connectivity index (χ2n) is 7.41. The summed E-state index contributed by atoms with van der Waals surface area (Å²) in [6, 6.07) is 17.3. The molecule has 0 radical (unpaired) electrons. The minimum Gasteiger partial charge on any atom is -0.449 e. The first-order chi connectivity index (χ1) is 16.1. The molecule has 3 aromatic rings. The third-order valence-electron chi connectivity index (χ3n) is 5.20. The van der Waals surface area contributed by atoms with Crippen molar-refractivity contribution >= 4 is 34.4 Å². The Morgan fingerprint density at radius 2 is 2.03 bits per heavy atom. The number of amides is 2. The van der Waals surface area contributed by atoms with Gasteiger partial charge in [-0.05, 0) is 35.8 Å². The average Bonchev–Trinajstić information content (AvgIpc) is 3.20. The molecular weight excluding hydrogens is 436 g/mol.